The Morgan fingerprint density at radius 2 is 2.40 bits per heavy atom. The topological polar surface area (TPSA) is 28.2 Å². The van der Waals surface area contributed by atoms with E-state index in [0.29, 0.717) is 6.04 Å². The number of hydrogen-bond acceptors (Lipinski definition) is 3. The van der Waals surface area contributed by atoms with Gasteiger partial charge in [0.2, 0.25) is 0 Å². The van der Waals surface area contributed by atoms with Crippen LogP contribution in [0.25, 0.3) is 0 Å². The van der Waals surface area contributed by atoms with Crippen molar-refractivity contribution in [2.24, 2.45) is 5.92 Å². The molecule has 2 atom stereocenters. The van der Waals surface area contributed by atoms with Gasteiger partial charge in [-0.2, -0.15) is 0 Å². The van der Waals surface area contributed by atoms with Gasteiger partial charge in [0.25, 0.3) is 0 Å². The summed E-state index contributed by atoms with van der Waals surface area (Å²) in [4.78, 5) is 6.80. The highest BCUT2D eigenvalue weighted by Gasteiger charge is 2.23. The van der Waals surface area contributed by atoms with E-state index < -0.39 is 0 Å². The zero-order chi connectivity index (χ0) is 14.2. The van der Waals surface area contributed by atoms with Crippen LogP contribution in [0.15, 0.2) is 24.5 Å². The first-order valence-corrected chi connectivity index (χ1v) is 8.14. The second-order valence-electron chi connectivity index (χ2n) is 6.06. The van der Waals surface area contributed by atoms with Crippen molar-refractivity contribution in [2.45, 2.75) is 45.6 Å². The zero-order valence-electron chi connectivity index (χ0n) is 13.0. The maximum Gasteiger partial charge on any atom is 0.0300 e. The maximum absolute atomic E-state index is 4.17. The molecule has 0 spiro atoms. The van der Waals surface area contributed by atoms with Crippen molar-refractivity contribution in [1.29, 1.82) is 0 Å². The van der Waals surface area contributed by atoms with E-state index in [4.69, 9.17) is 0 Å². The average Bonchev–Trinajstić information content (AvgIpc) is 2.49. The molecule has 112 valence electrons. The molecule has 0 radical (unpaired) electrons. The van der Waals surface area contributed by atoms with Crippen molar-refractivity contribution in [1.82, 2.24) is 15.2 Å². The lowest BCUT2D eigenvalue weighted by Crippen LogP contribution is -2.45. The van der Waals surface area contributed by atoms with E-state index in [1.165, 1.54) is 44.5 Å². The molecule has 0 saturated carbocycles. The molecule has 3 heteroatoms. The molecule has 0 bridgehead atoms. The number of aromatic nitrogens is 1. The van der Waals surface area contributed by atoms with Gasteiger partial charge < -0.3 is 10.2 Å². The predicted molar refractivity (Wildman–Crippen MR) is 84.9 cm³/mol. The minimum absolute atomic E-state index is 0.617. The van der Waals surface area contributed by atoms with Gasteiger partial charge in [-0.3, -0.25) is 4.98 Å². The third kappa shape index (κ3) is 4.88. The Morgan fingerprint density at radius 3 is 3.15 bits per heavy atom. The van der Waals surface area contributed by atoms with Crippen molar-refractivity contribution < 1.29 is 0 Å². The molecule has 1 aromatic heterocycles. The van der Waals surface area contributed by atoms with Gasteiger partial charge in [0.05, 0.1) is 0 Å². The fraction of sp³-hybridized carbons (Fsp3) is 0.706. The number of nitrogens with zero attached hydrogens (tertiary/aromatic N) is 2. The molecule has 1 aromatic rings. The van der Waals surface area contributed by atoms with Crippen LogP contribution in [0.4, 0.5) is 0 Å². The first-order chi connectivity index (χ1) is 9.79. The molecule has 20 heavy (non-hydrogen) atoms. The summed E-state index contributed by atoms with van der Waals surface area (Å²) in [5, 5.41) is 3.71. The summed E-state index contributed by atoms with van der Waals surface area (Å²) in [6.07, 6.45) is 8.89. The van der Waals surface area contributed by atoms with Gasteiger partial charge in [-0.25, -0.2) is 0 Å². The van der Waals surface area contributed by atoms with Gasteiger partial charge in [0.1, 0.15) is 0 Å². The quantitative estimate of drug-likeness (QED) is 0.829. The molecule has 1 fully saturated rings. The van der Waals surface area contributed by atoms with Gasteiger partial charge >= 0.3 is 0 Å². The van der Waals surface area contributed by atoms with Crippen molar-refractivity contribution >= 4 is 0 Å². The number of hydrogen-bond donors (Lipinski definition) is 1. The van der Waals surface area contributed by atoms with Crippen LogP contribution in [0.2, 0.25) is 0 Å². The van der Waals surface area contributed by atoms with Crippen molar-refractivity contribution in [3.63, 3.8) is 0 Å². The van der Waals surface area contributed by atoms with Gasteiger partial charge in [-0.1, -0.05) is 13.0 Å². The molecule has 0 aliphatic carbocycles. The van der Waals surface area contributed by atoms with E-state index >= 15 is 0 Å². The smallest absolute Gasteiger partial charge is 0.0300 e. The van der Waals surface area contributed by atoms with E-state index in [2.05, 4.69) is 35.1 Å². The second-order valence-corrected chi connectivity index (χ2v) is 6.06. The van der Waals surface area contributed by atoms with Gasteiger partial charge in [-0.05, 0) is 69.8 Å². The number of likely N-dealkylation sites (tertiary alicyclic amines) is 1. The summed E-state index contributed by atoms with van der Waals surface area (Å²) in [7, 11) is 0. The maximum atomic E-state index is 4.17. The number of pyridine rings is 1. The van der Waals surface area contributed by atoms with Crippen molar-refractivity contribution in [3.05, 3.63) is 30.1 Å². The van der Waals surface area contributed by atoms with E-state index in [1.807, 2.05) is 18.5 Å². The molecular formula is C17H29N3. The monoisotopic (exact) mass is 275 g/mol. The van der Waals surface area contributed by atoms with E-state index in [0.717, 1.165) is 18.9 Å². The number of nitrogens with one attached hydrogen (secondary N) is 1. The molecule has 0 aromatic carbocycles. The summed E-state index contributed by atoms with van der Waals surface area (Å²) >= 11 is 0. The molecule has 0 amide bonds. The third-order valence-electron chi connectivity index (χ3n) is 4.39. The van der Waals surface area contributed by atoms with Crippen LogP contribution in [0, 0.1) is 5.92 Å². The SMILES string of the molecule is CCCN1CCCC(C(C)NCCc2cccnc2)C1. The molecule has 2 heterocycles. The predicted octanol–water partition coefficient (Wildman–Crippen LogP) is 2.72. The van der Waals surface area contributed by atoms with Crippen molar-refractivity contribution in [2.75, 3.05) is 26.2 Å². The van der Waals surface area contributed by atoms with Gasteiger partial charge in [0, 0.05) is 25.0 Å². The summed E-state index contributed by atoms with van der Waals surface area (Å²) < 4.78 is 0. The Bertz CT molecular complexity index is 364. The summed E-state index contributed by atoms with van der Waals surface area (Å²) in [5.74, 6) is 0.809. The van der Waals surface area contributed by atoms with Crippen LogP contribution < -0.4 is 5.32 Å². The first-order valence-electron chi connectivity index (χ1n) is 8.14. The minimum atomic E-state index is 0.617. The molecule has 1 saturated heterocycles. The molecule has 1 aliphatic heterocycles. The third-order valence-corrected chi connectivity index (χ3v) is 4.39. The fourth-order valence-electron chi connectivity index (χ4n) is 3.18. The Labute approximate surface area is 123 Å². The fourth-order valence-corrected chi connectivity index (χ4v) is 3.18. The van der Waals surface area contributed by atoms with E-state index in [9.17, 15) is 0 Å². The lowest BCUT2D eigenvalue weighted by Gasteiger charge is -2.36. The lowest BCUT2D eigenvalue weighted by molar-refractivity contribution is 0.151. The number of rotatable bonds is 7. The highest BCUT2D eigenvalue weighted by Crippen LogP contribution is 2.19. The van der Waals surface area contributed by atoms with Gasteiger partial charge in [0.15, 0.2) is 0 Å². The number of piperidine rings is 1. The summed E-state index contributed by atoms with van der Waals surface area (Å²) in [6.45, 7) is 9.51. The standard InChI is InChI=1S/C17H29N3/c1-3-11-20-12-5-7-17(14-20)15(2)19-10-8-16-6-4-9-18-13-16/h4,6,9,13,15,17,19H,3,5,7-8,10-12,14H2,1-2H3. The molecular weight excluding hydrogens is 246 g/mol. The van der Waals surface area contributed by atoms with E-state index in [-0.39, 0.29) is 0 Å². The Morgan fingerprint density at radius 1 is 1.50 bits per heavy atom. The average molecular weight is 275 g/mol. The van der Waals surface area contributed by atoms with Crippen LogP contribution >= 0.6 is 0 Å². The zero-order valence-corrected chi connectivity index (χ0v) is 13.0. The second kappa shape index (κ2) is 8.38. The van der Waals surface area contributed by atoms with Crippen LogP contribution in [0.1, 0.15) is 38.7 Å². The Kier molecular flexibility index (Phi) is 6.48. The largest absolute Gasteiger partial charge is 0.314 e. The Balaban J connectivity index is 1.70. The van der Waals surface area contributed by atoms with Gasteiger partial charge in [-0.15, -0.1) is 0 Å². The van der Waals surface area contributed by atoms with Crippen LogP contribution in [-0.4, -0.2) is 42.1 Å². The van der Waals surface area contributed by atoms with E-state index in [1.54, 1.807) is 0 Å². The lowest BCUT2D eigenvalue weighted by atomic mass is 9.91. The first kappa shape index (κ1) is 15.5. The van der Waals surface area contributed by atoms with Crippen LogP contribution in [0.3, 0.4) is 0 Å². The molecule has 3 nitrogen and oxygen atoms in total. The normalized spacial score (nSPS) is 21.8. The van der Waals surface area contributed by atoms with Crippen molar-refractivity contribution in [3.8, 4) is 0 Å². The van der Waals surface area contributed by atoms with Crippen LogP contribution in [0.5, 0.6) is 0 Å². The molecule has 1 aliphatic rings. The highest BCUT2D eigenvalue weighted by atomic mass is 15.1. The summed E-state index contributed by atoms with van der Waals surface area (Å²) in [5.41, 5.74) is 1.32. The molecule has 1 N–H and O–H groups in total. The highest BCUT2D eigenvalue weighted by molar-refractivity contribution is 5.08. The molecule has 2 unspecified atom stereocenters. The van der Waals surface area contributed by atoms with Crippen LogP contribution in [-0.2, 0) is 6.42 Å². The summed E-state index contributed by atoms with van der Waals surface area (Å²) in [6, 6.07) is 4.79. The minimum Gasteiger partial charge on any atom is -0.314 e. The Hall–Kier alpha value is -0.930. The molecule has 2 rings (SSSR count).